The molecule has 0 bridgehead atoms. The molecule has 2 fully saturated rings. The molecular formula is C19H25BrFN5O. The third-order valence-corrected chi connectivity index (χ3v) is 6.26. The monoisotopic (exact) mass is 437 g/mol. The summed E-state index contributed by atoms with van der Waals surface area (Å²) in [5, 5.41) is 0.752. The van der Waals surface area contributed by atoms with E-state index in [2.05, 4.69) is 55.1 Å². The van der Waals surface area contributed by atoms with Crippen LogP contribution in [0.2, 0.25) is 0 Å². The van der Waals surface area contributed by atoms with E-state index in [9.17, 15) is 4.39 Å². The Balaban J connectivity index is 1.48. The molecule has 8 heteroatoms. The summed E-state index contributed by atoms with van der Waals surface area (Å²) in [6, 6.07) is 2.97. The topological polar surface area (TPSA) is 53.5 Å². The van der Waals surface area contributed by atoms with Gasteiger partial charge in [-0.15, -0.1) is 0 Å². The molecular weight excluding hydrogens is 413 g/mol. The number of hydrogen-bond donors (Lipinski definition) is 1. The first-order chi connectivity index (χ1) is 13.1. The highest BCUT2D eigenvalue weighted by Gasteiger charge is 2.38. The summed E-state index contributed by atoms with van der Waals surface area (Å²) in [6.45, 7) is 3.93. The van der Waals surface area contributed by atoms with Gasteiger partial charge in [0.1, 0.15) is 24.2 Å². The Morgan fingerprint density at radius 3 is 2.81 bits per heavy atom. The maximum Gasteiger partial charge on any atom is 0.140 e. The SMILES string of the molecule is CCCC1NOC(C2CCN(c3ncnc4c(Br)cc(F)cc34)CC2)N1C. The van der Waals surface area contributed by atoms with Crippen LogP contribution in [0, 0.1) is 11.7 Å². The van der Waals surface area contributed by atoms with Gasteiger partial charge in [0.25, 0.3) is 0 Å². The molecule has 146 valence electrons. The molecule has 1 aromatic carbocycles. The number of nitrogens with zero attached hydrogens (tertiary/aromatic N) is 4. The Kier molecular flexibility index (Phi) is 5.59. The number of rotatable bonds is 4. The van der Waals surface area contributed by atoms with Gasteiger partial charge in [-0.05, 0) is 54.4 Å². The molecule has 6 nitrogen and oxygen atoms in total. The van der Waals surface area contributed by atoms with Crippen LogP contribution >= 0.6 is 15.9 Å². The van der Waals surface area contributed by atoms with Crippen molar-refractivity contribution in [3.05, 3.63) is 28.7 Å². The summed E-state index contributed by atoms with van der Waals surface area (Å²) < 4.78 is 14.6. The molecule has 2 aromatic rings. The first-order valence-electron chi connectivity index (χ1n) is 9.56. The number of hydrogen-bond acceptors (Lipinski definition) is 6. The van der Waals surface area contributed by atoms with Crippen molar-refractivity contribution < 1.29 is 9.23 Å². The van der Waals surface area contributed by atoms with Crippen LogP contribution in [0.15, 0.2) is 22.9 Å². The average molecular weight is 438 g/mol. The predicted octanol–water partition coefficient (Wildman–Crippen LogP) is 3.67. The van der Waals surface area contributed by atoms with Crippen molar-refractivity contribution in [2.24, 2.45) is 5.92 Å². The van der Waals surface area contributed by atoms with Gasteiger partial charge < -0.3 is 4.90 Å². The number of halogens is 2. The smallest absolute Gasteiger partial charge is 0.140 e. The van der Waals surface area contributed by atoms with Crippen LogP contribution in [0.3, 0.4) is 0 Å². The number of fused-ring (bicyclic) bond motifs is 1. The molecule has 0 saturated carbocycles. The lowest BCUT2D eigenvalue weighted by Gasteiger charge is -2.37. The second kappa shape index (κ2) is 7.95. The van der Waals surface area contributed by atoms with E-state index in [0.29, 0.717) is 16.6 Å². The highest BCUT2D eigenvalue weighted by atomic mass is 79.9. The van der Waals surface area contributed by atoms with E-state index in [4.69, 9.17) is 4.84 Å². The lowest BCUT2D eigenvalue weighted by atomic mass is 9.94. The van der Waals surface area contributed by atoms with Gasteiger partial charge in [-0.3, -0.25) is 9.74 Å². The third kappa shape index (κ3) is 3.68. The fourth-order valence-corrected chi connectivity index (χ4v) is 4.72. The minimum absolute atomic E-state index is 0.109. The van der Waals surface area contributed by atoms with E-state index in [1.54, 1.807) is 6.33 Å². The Bertz CT molecular complexity index is 814. The summed E-state index contributed by atoms with van der Waals surface area (Å²) in [7, 11) is 2.13. The van der Waals surface area contributed by atoms with Crippen molar-refractivity contribution in [3.63, 3.8) is 0 Å². The van der Waals surface area contributed by atoms with E-state index in [-0.39, 0.29) is 12.0 Å². The van der Waals surface area contributed by atoms with Crippen molar-refractivity contribution in [1.29, 1.82) is 0 Å². The van der Waals surface area contributed by atoms with Crippen molar-refractivity contribution >= 4 is 32.7 Å². The molecule has 1 aromatic heterocycles. The molecule has 2 unspecified atom stereocenters. The summed E-state index contributed by atoms with van der Waals surface area (Å²) >= 11 is 3.41. The van der Waals surface area contributed by atoms with Crippen molar-refractivity contribution in [2.75, 3.05) is 25.0 Å². The molecule has 0 aliphatic carbocycles. The van der Waals surface area contributed by atoms with Crippen LogP contribution in [0.1, 0.15) is 32.6 Å². The zero-order valence-corrected chi connectivity index (χ0v) is 17.2. The minimum atomic E-state index is -0.283. The van der Waals surface area contributed by atoms with E-state index < -0.39 is 0 Å². The normalized spacial score (nSPS) is 24.8. The molecule has 2 aliphatic heterocycles. The molecule has 2 aliphatic rings. The van der Waals surface area contributed by atoms with Gasteiger partial charge in [0.15, 0.2) is 0 Å². The van der Waals surface area contributed by atoms with Crippen LogP contribution in [0.5, 0.6) is 0 Å². The number of aromatic nitrogens is 2. The molecule has 0 radical (unpaired) electrons. The fraction of sp³-hybridized carbons (Fsp3) is 0.579. The quantitative estimate of drug-likeness (QED) is 0.787. The highest BCUT2D eigenvalue weighted by Crippen LogP contribution is 2.34. The van der Waals surface area contributed by atoms with Crippen molar-refractivity contribution in [1.82, 2.24) is 20.3 Å². The Hall–Kier alpha value is -1.35. The molecule has 2 atom stereocenters. The zero-order chi connectivity index (χ0) is 19.0. The number of nitrogens with one attached hydrogen (secondary N) is 1. The van der Waals surface area contributed by atoms with E-state index in [1.807, 2.05) is 0 Å². The molecule has 3 heterocycles. The predicted molar refractivity (Wildman–Crippen MR) is 107 cm³/mol. The van der Waals surface area contributed by atoms with Gasteiger partial charge in [-0.2, -0.15) is 5.48 Å². The maximum absolute atomic E-state index is 13.9. The van der Waals surface area contributed by atoms with Crippen molar-refractivity contribution in [2.45, 2.75) is 45.0 Å². The number of benzene rings is 1. The van der Waals surface area contributed by atoms with Crippen LogP contribution in [-0.4, -0.2) is 47.4 Å². The number of piperidine rings is 1. The number of anilines is 1. The van der Waals surface area contributed by atoms with Gasteiger partial charge in [0, 0.05) is 28.9 Å². The number of hydroxylamine groups is 1. The summed E-state index contributed by atoms with van der Waals surface area (Å²) in [4.78, 5) is 19.2. The second-order valence-electron chi connectivity index (χ2n) is 7.40. The standard InChI is InChI=1S/C19H25BrFN5O/c1-3-4-16-24-27-19(25(16)2)12-5-7-26(8-6-12)18-14-9-13(21)10-15(20)17(14)22-11-23-18/h9-12,16,19,24H,3-8H2,1-2H3. The summed E-state index contributed by atoms with van der Waals surface area (Å²) in [6.07, 6.45) is 6.19. The summed E-state index contributed by atoms with van der Waals surface area (Å²) in [5.41, 5.74) is 3.92. The van der Waals surface area contributed by atoms with E-state index >= 15 is 0 Å². The molecule has 4 rings (SSSR count). The lowest BCUT2D eigenvalue weighted by molar-refractivity contribution is -0.0475. The Morgan fingerprint density at radius 2 is 2.07 bits per heavy atom. The Morgan fingerprint density at radius 1 is 1.30 bits per heavy atom. The maximum atomic E-state index is 13.9. The average Bonchev–Trinajstić information content (AvgIpc) is 3.02. The molecule has 0 spiro atoms. The van der Waals surface area contributed by atoms with Crippen LogP contribution in [-0.2, 0) is 4.84 Å². The van der Waals surface area contributed by atoms with Gasteiger partial charge in [0.05, 0.1) is 11.7 Å². The van der Waals surface area contributed by atoms with E-state index in [0.717, 1.165) is 55.5 Å². The van der Waals surface area contributed by atoms with Gasteiger partial charge in [0.2, 0.25) is 0 Å². The molecule has 27 heavy (non-hydrogen) atoms. The van der Waals surface area contributed by atoms with Crippen LogP contribution in [0.25, 0.3) is 10.9 Å². The fourth-order valence-electron chi connectivity index (χ4n) is 4.18. The highest BCUT2D eigenvalue weighted by molar-refractivity contribution is 9.10. The molecule has 0 amide bonds. The van der Waals surface area contributed by atoms with Gasteiger partial charge in [-0.1, -0.05) is 13.3 Å². The van der Waals surface area contributed by atoms with Gasteiger partial charge in [-0.25, -0.2) is 14.4 Å². The van der Waals surface area contributed by atoms with E-state index in [1.165, 1.54) is 12.1 Å². The second-order valence-corrected chi connectivity index (χ2v) is 8.26. The zero-order valence-electron chi connectivity index (χ0n) is 15.7. The third-order valence-electron chi connectivity index (χ3n) is 5.66. The minimum Gasteiger partial charge on any atom is -0.356 e. The first-order valence-corrected chi connectivity index (χ1v) is 10.4. The molecule has 2 saturated heterocycles. The van der Waals surface area contributed by atoms with Crippen LogP contribution in [0.4, 0.5) is 10.2 Å². The first kappa shape index (κ1) is 19.0. The molecule has 1 N–H and O–H groups in total. The lowest BCUT2D eigenvalue weighted by Crippen LogP contribution is -2.44. The van der Waals surface area contributed by atoms with Crippen molar-refractivity contribution in [3.8, 4) is 0 Å². The van der Waals surface area contributed by atoms with Crippen LogP contribution < -0.4 is 10.4 Å². The summed E-state index contributed by atoms with van der Waals surface area (Å²) in [5.74, 6) is 0.993. The largest absolute Gasteiger partial charge is 0.356 e. The Labute approximate surface area is 167 Å². The van der Waals surface area contributed by atoms with Gasteiger partial charge >= 0.3 is 0 Å².